The van der Waals surface area contributed by atoms with Crippen LogP contribution in [0.15, 0.2) is 136 Å². The summed E-state index contributed by atoms with van der Waals surface area (Å²) in [6, 6.07) is 48.2. The highest BCUT2D eigenvalue weighted by Crippen LogP contribution is 2.53. The number of para-hydroxylation sites is 2. The molecule has 0 unspecified atom stereocenters. The van der Waals surface area contributed by atoms with Gasteiger partial charge in [0.15, 0.2) is 0 Å². The Morgan fingerprint density at radius 2 is 1.02 bits per heavy atom. The number of furan rings is 2. The van der Waals surface area contributed by atoms with Crippen molar-refractivity contribution in [3.63, 3.8) is 0 Å². The molecule has 0 atom stereocenters. The zero-order valence-electron chi connectivity index (χ0n) is 37.0. The van der Waals surface area contributed by atoms with Crippen LogP contribution in [0, 0.1) is 0 Å². The minimum absolute atomic E-state index is 0.00722. The molecule has 7 aromatic carbocycles. The fourth-order valence-electron chi connectivity index (χ4n) is 11.3. The van der Waals surface area contributed by atoms with Crippen LogP contribution in [0.25, 0.3) is 55.2 Å². The van der Waals surface area contributed by atoms with E-state index in [-0.39, 0.29) is 29.8 Å². The lowest BCUT2D eigenvalue weighted by atomic mass is 9.31. The van der Waals surface area contributed by atoms with Gasteiger partial charge in [-0.1, -0.05) is 141 Å². The average Bonchev–Trinajstić information content (AvgIpc) is 3.81. The Hall–Kier alpha value is -6.39. The van der Waals surface area contributed by atoms with Gasteiger partial charge in [0.25, 0.3) is 6.71 Å². The molecule has 4 nitrogen and oxygen atoms in total. The first-order valence-electron chi connectivity index (χ1n) is 22.3. The Bertz CT molecular complexity index is 3460. The molecule has 0 N–H and O–H groups in total. The quantitative estimate of drug-likeness (QED) is 0.155. The molecule has 0 amide bonds. The number of nitrogens with zero attached hydrogens (tertiary/aromatic N) is 2. The minimum atomic E-state index is -0.132. The van der Waals surface area contributed by atoms with Crippen LogP contribution in [0.2, 0.25) is 0 Å². The van der Waals surface area contributed by atoms with E-state index in [1.54, 1.807) is 0 Å². The van der Waals surface area contributed by atoms with E-state index in [0.29, 0.717) is 0 Å². The topological polar surface area (TPSA) is 32.8 Å². The maximum absolute atomic E-state index is 7.28. The summed E-state index contributed by atoms with van der Waals surface area (Å²) < 4.78 is 13.9. The normalized spacial score (nSPS) is 14.7. The Morgan fingerprint density at radius 3 is 1.69 bits per heavy atom. The molecule has 9 aromatic rings. The van der Waals surface area contributed by atoms with E-state index in [1.165, 1.54) is 77.9 Å². The zero-order valence-corrected chi connectivity index (χ0v) is 37.0. The van der Waals surface area contributed by atoms with Crippen LogP contribution in [-0.4, -0.2) is 13.6 Å². The van der Waals surface area contributed by atoms with E-state index in [1.807, 2.05) is 6.07 Å². The van der Waals surface area contributed by atoms with Crippen LogP contribution in [0.3, 0.4) is 0 Å². The van der Waals surface area contributed by atoms with Crippen molar-refractivity contribution < 1.29 is 8.83 Å². The zero-order chi connectivity index (χ0) is 42.4. The van der Waals surface area contributed by atoms with Gasteiger partial charge in [0.1, 0.15) is 16.7 Å². The van der Waals surface area contributed by atoms with Crippen molar-refractivity contribution in [2.45, 2.75) is 78.6 Å². The summed E-state index contributed by atoms with van der Waals surface area (Å²) >= 11 is 0. The van der Waals surface area contributed by atoms with E-state index >= 15 is 0 Å². The maximum Gasteiger partial charge on any atom is 0.329 e. The van der Waals surface area contributed by atoms with Gasteiger partial charge in [-0.2, -0.15) is 0 Å². The fourth-order valence-corrected chi connectivity index (χ4v) is 11.3. The van der Waals surface area contributed by atoms with Crippen LogP contribution < -0.4 is 37.2 Å². The number of anilines is 5. The van der Waals surface area contributed by atoms with E-state index in [9.17, 15) is 0 Å². The van der Waals surface area contributed by atoms with E-state index < -0.39 is 0 Å². The highest BCUT2D eigenvalue weighted by atomic mass is 16.3. The molecular formula is C56H48B2N2O2. The molecule has 0 fully saturated rings. The second-order valence-electron chi connectivity index (χ2n) is 21.3. The predicted octanol–water partition coefficient (Wildman–Crippen LogP) is 11.7. The van der Waals surface area contributed by atoms with E-state index in [4.69, 9.17) is 8.83 Å². The third-order valence-corrected chi connectivity index (χ3v) is 14.5. The maximum atomic E-state index is 7.28. The lowest BCUT2D eigenvalue weighted by molar-refractivity contribution is 0.590. The summed E-state index contributed by atoms with van der Waals surface area (Å²) in [5, 5.41) is 3.36. The first kappa shape index (κ1) is 36.3. The van der Waals surface area contributed by atoms with Gasteiger partial charge in [-0.15, -0.1) is 0 Å². The highest BCUT2D eigenvalue weighted by Gasteiger charge is 2.54. The van der Waals surface area contributed by atoms with Crippen molar-refractivity contribution in [2.24, 2.45) is 0 Å². The molecule has 0 saturated heterocycles. The molecule has 4 aliphatic heterocycles. The smallest absolute Gasteiger partial charge is 0.329 e. The molecule has 0 saturated carbocycles. The first-order valence-corrected chi connectivity index (χ1v) is 22.3. The molecule has 0 aliphatic carbocycles. The standard InChI is InChI=1S/C56H48B2N2O2/c1-54(2,3)31-18-21-35-39-24-25-45-49-51(39)60-50-41(36-22-19-32(55(4,5)6)28-43(36)58(60)42(35)27-31)26-33(56(7,8)9)29-44(50)57(49)53-52(40-15-11-13-17-47(40)62-53)59(45)34-20-23-38-37-14-10-12-16-46(37)61-48(38)30-34/h10-30H,1-9H3. The van der Waals surface area contributed by atoms with Crippen LogP contribution in [0.5, 0.6) is 0 Å². The Labute approximate surface area is 364 Å². The molecule has 300 valence electrons. The number of hydrogen-bond acceptors (Lipinski definition) is 4. The summed E-state index contributed by atoms with van der Waals surface area (Å²) in [7, 11) is 0. The third-order valence-electron chi connectivity index (χ3n) is 14.5. The largest absolute Gasteiger partial charge is 0.468 e. The summed E-state index contributed by atoms with van der Waals surface area (Å²) in [6.45, 7) is 20.9. The number of rotatable bonds is 1. The molecular weight excluding hydrogens is 754 g/mol. The SMILES string of the molecule is CC(C)(C)c1ccc2c(c1)B1c3cc(C(C)(C)C)ccc3-c3ccc4c5c3N1c1c(cc(C(C)(C)C)cc1-2)B5c1oc2ccccc2c1N4c1ccc2c(c1)oc1ccccc12. The molecule has 2 aromatic heterocycles. The first-order chi connectivity index (χ1) is 29.6. The summed E-state index contributed by atoms with van der Waals surface area (Å²) in [5.41, 5.74) is 24.1. The second-order valence-corrected chi connectivity index (χ2v) is 21.3. The molecule has 13 rings (SSSR count). The van der Waals surface area contributed by atoms with Crippen molar-refractivity contribution in [3.05, 3.63) is 144 Å². The lowest BCUT2D eigenvalue weighted by Gasteiger charge is -2.51. The Balaban J connectivity index is 1.19. The van der Waals surface area contributed by atoms with Crippen LogP contribution >= 0.6 is 0 Å². The Morgan fingerprint density at radius 1 is 0.435 bits per heavy atom. The van der Waals surface area contributed by atoms with Gasteiger partial charge in [-0.25, -0.2) is 0 Å². The minimum Gasteiger partial charge on any atom is -0.468 e. The van der Waals surface area contributed by atoms with Gasteiger partial charge in [-0.3, -0.25) is 0 Å². The molecule has 6 heterocycles. The average molecular weight is 803 g/mol. The monoisotopic (exact) mass is 802 g/mol. The molecule has 0 spiro atoms. The summed E-state index contributed by atoms with van der Waals surface area (Å²) in [5.74, 6) is 0. The molecule has 0 bridgehead atoms. The van der Waals surface area contributed by atoms with Crippen molar-refractivity contribution >= 4 is 102 Å². The van der Waals surface area contributed by atoms with Gasteiger partial charge < -0.3 is 18.5 Å². The van der Waals surface area contributed by atoms with Crippen LogP contribution in [0.4, 0.5) is 28.4 Å². The second kappa shape index (κ2) is 11.7. The fraction of sp³-hybridized carbons (Fsp3) is 0.214. The Kier molecular flexibility index (Phi) is 6.87. The van der Waals surface area contributed by atoms with Gasteiger partial charge in [-0.05, 0) is 108 Å². The highest BCUT2D eigenvalue weighted by molar-refractivity contribution is 7.03. The third kappa shape index (κ3) is 4.70. The number of fused-ring (bicyclic) bond motifs is 14. The van der Waals surface area contributed by atoms with Gasteiger partial charge in [0, 0.05) is 56.1 Å². The van der Waals surface area contributed by atoms with Crippen molar-refractivity contribution in [1.82, 2.24) is 0 Å². The number of hydrogen-bond donors (Lipinski definition) is 0. The van der Waals surface area contributed by atoms with Gasteiger partial charge in [0.2, 0.25) is 0 Å². The van der Waals surface area contributed by atoms with Crippen molar-refractivity contribution in [2.75, 3.05) is 9.71 Å². The van der Waals surface area contributed by atoms with Crippen molar-refractivity contribution in [1.29, 1.82) is 0 Å². The molecule has 62 heavy (non-hydrogen) atoms. The van der Waals surface area contributed by atoms with E-state index in [2.05, 4.69) is 193 Å². The lowest BCUT2D eigenvalue weighted by Crippen LogP contribution is -2.69. The van der Waals surface area contributed by atoms with Crippen LogP contribution in [0.1, 0.15) is 79.0 Å². The van der Waals surface area contributed by atoms with Gasteiger partial charge >= 0.3 is 6.85 Å². The van der Waals surface area contributed by atoms with Crippen LogP contribution in [-0.2, 0) is 16.2 Å². The molecule has 4 aliphatic rings. The van der Waals surface area contributed by atoms with E-state index in [0.717, 1.165) is 49.9 Å². The van der Waals surface area contributed by atoms with Gasteiger partial charge in [0.05, 0.1) is 11.3 Å². The number of benzene rings is 7. The molecule has 6 heteroatoms. The summed E-state index contributed by atoms with van der Waals surface area (Å²) in [4.78, 5) is 5.24. The molecule has 0 radical (unpaired) electrons. The predicted molar refractivity (Wildman–Crippen MR) is 263 cm³/mol. The summed E-state index contributed by atoms with van der Waals surface area (Å²) in [6.07, 6.45) is 0. The van der Waals surface area contributed by atoms with Crippen molar-refractivity contribution in [3.8, 4) is 22.3 Å².